The third-order valence-electron chi connectivity index (χ3n) is 5.75. The number of nitrogens with one attached hydrogen (secondary N) is 1. The number of hydrogen-bond donors (Lipinski definition) is 1. The molecule has 0 bridgehead atoms. The second kappa shape index (κ2) is 8.98. The van der Waals surface area contributed by atoms with Crippen molar-refractivity contribution in [2.75, 3.05) is 31.5 Å². The van der Waals surface area contributed by atoms with E-state index in [1.807, 2.05) is 49.1 Å². The van der Waals surface area contributed by atoms with Crippen LogP contribution in [0.2, 0.25) is 0 Å². The summed E-state index contributed by atoms with van der Waals surface area (Å²) in [6.45, 7) is 5.70. The maximum atomic E-state index is 13.0. The zero-order chi connectivity index (χ0) is 22.0. The molecular weight excluding hydrogens is 414 g/mol. The van der Waals surface area contributed by atoms with Crippen molar-refractivity contribution in [3.05, 3.63) is 60.2 Å². The Morgan fingerprint density at radius 1 is 0.968 bits per heavy atom. The predicted octanol–water partition coefficient (Wildman–Crippen LogP) is 2.81. The van der Waals surface area contributed by atoms with Crippen molar-refractivity contribution in [2.24, 2.45) is 0 Å². The molecule has 2 fully saturated rings. The van der Waals surface area contributed by atoms with E-state index in [0.717, 1.165) is 12.1 Å². The van der Waals surface area contributed by atoms with Gasteiger partial charge in [0.1, 0.15) is 0 Å². The minimum absolute atomic E-state index is 0.0741. The first-order valence-electron chi connectivity index (χ1n) is 10.7. The van der Waals surface area contributed by atoms with Crippen LogP contribution < -0.4 is 5.32 Å². The van der Waals surface area contributed by atoms with E-state index >= 15 is 0 Å². The number of amides is 1. The summed E-state index contributed by atoms with van der Waals surface area (Å²) in [5.41, 5.74) is 1.55. The molecule has 0 saturated carbocycles. The number of rotatable bonds is 5. The van der Waals surface area contributed by atoms with Crippen LogP contribution in [-0.4, -0.2) is 68.0 Å². The Kier molecular flexibility index (Phi) is 6.31. The highest BCUT2D eigenvalue weighted by molar-refractivity contribution is 7.89. The van der Waals surface area contributed by atoms with Crippen LogP contribution in [0.5, 0.6) is 0 Å². The molecule has 2 aliphatic rings. The van der Waals surface area contributed by atoms with E-state index in [4.69, 9.17) is 4.74 Å². The molecule has 0 aliphatic carbocycles. The van der Waals surface area contributed by atoms with Gasteiger partial charge in [-0.3, -0.25) is 4.79 Å². The average molecular weight is 444 g/mol. The maximum absolute atomic E-state index is 13.0. The zero-order valence-electron chi connectivity index (χ0n) is 17.9. The van der Waals surface area contributed by atoms with E-state index in [1.165, 1.54) is 16.4 Å². The lowest BCUT2D eigenvalue weighted by Crippen LogP contribution is -2.48. The molecule has 2 heterocycles. The lowest BCUT2D eigenvalue weighted by Gasteiger charge is -2.34. The molecule has 166 valence electrons. The third-order valence-corrected chi connectivity index (χ3v) is 7.59. The number of likely N-dealkylation sites (tertiary alicyclic amines) is 1. The molecule has 2 aliphatic heterocycles. The van der Waals surface area contributed by atoms with Crippen molar-refractivity contribution >= 4 is 21.6 Å². The summed E-state index contributed by atoms with van der Waals surface area (Å²) < 4.78 is 33.1. The van der Waals surface area contributed by atoms with Crippen LogP contribution >= 0.6 is 0 Å². The first-order chi connectivity index (χ1) is 14.8. The van der Waals surface area contributed by atoms with Gasteiger partial charge in [-0.25, -0.2) is 8.42 Å². The molecule has 2 saturated heterocycles. The van der Waals surface area contributed by atoms with E-state index in [-0.39, 0.29) is 29.1 Å². The highest BCUT2D eigenvalue weighted by Crippen LogP contribution is 2.23. The molecule has 0 spiro atoms. The van der Waals surface area contributed by atoms with Crippen LogP contribution in [-0.2, 0) is 14.8 Å². The minimum atomic E-state index is -3.61. The van der Waals surface area contributed by atoms with Gasteiger partial charge in [0.15, 0.2) is 0 Å². The summed E-state index contributed by atoms with van der Waals surface area (Å²) in [6.07, 6.45) is 0.583. The van der Waals surface area contributed by atoms with Crippen LogP contribution in [0.1, 0.15) is 30.6 Å². The fourth-order valence-corrected chi connectivity index (χ4v) is 5.85. The number of carbonyl (C=O) groups excluding carboxylic acids is 1. The average Bonchev–Trinajstić information content (AvgIpc) is 3.22. The molecule has 1 amide bonds. The molecule has 3 atom stereocenters. The van der Waals surface area contributed by atoms with E-state index < -0.39 is 10.0 Å². The Bertz CT molecular complexity index is 1000. The van der Waals surface area contributed by atoms with Gasteiger partial charge in [-0.1, -0.05) is 18.2 Å². The van der Waals surface area contributed by atoms with Crippen LogP contribution in [0.3, 0.4) is 0 Å². The fourth-order valence-electron chi connectivity index (χ4n) is 4.26. The second-order valence-corrected chi connectivity index (χ2v) is 10.3. The van der Waals surface area contributed by atoms with Crippen molar-refractivity contribution in [3.8, 4) is 0 Å². The highest BCUT2D eigenvalue weighted by atomic mass is 32.2. The van der Waals surface area contributed by atoms with Gasteiger partial charge in [0.2, 0.25) is 10.0 Å². The summed E-state index contributed by atoms with van der Waals surface area (Å²) >= 11 is 0. The number of para-hydroxylation sites is 1. The maximum Gasteiger partial charge on any atom is 0.253 e. The number of hydrogen-bond acceptors (Lipinski definition) is 5. The molecule has 7 nitrogen and oxygen atoms in total. The van der Waals surface area contributed by atoms with Crippen molar-refractivity contribution in [2.45, 2.75) is 43.4 Å². The molecule has 8 heteroatoms. The summed E-state index contributed by atoms with van der Waals surface area (Å²) in [4.78, 5) is 14.9. The van der Waals surface area contributed by atoms with Gasteiger partial charge in [0.25, 0.3) is 5.91 Å². The zero-order valence-corrected chi connectivity index (χ0v) is 18.7. The number of sulfonamides is 1. The number of anilines is 1. The predicted molar refractivity (Wildman–Crippen MR) is 120 cm³/mol. The Morgan fingerprint density at radius 3 is 2.26 bits per heavy atom. The largest absolute Gasteiger partial charge is 0.380 e. The van der Waals surface area contributed by atoms with E-state index in [9.17, 15) is 13.2 Å². The molecule has 4 rings (SSSR count). The van der Waals surface area contributed by atoms with Gasteiger partial charge < -0.3 is 15.0 Å². The van der Waals surface area contributed by atoms with E-state index in [2.05, 4.69) is 5.32 Å². The summed E-state index contributed by atoms with van der Waals surface area (Å²) in [7, 11) is -3.61. The number of morpholine rings is 1. The van der Waals surface area contributed by atoms with Crippen molar-refractivity contribution in [1.29, 1.82) is 0 Å². The van der Waals surface area contributed by atoms with Crippen molar-refractivity contribution in [1.82, 2.24) is 9.21 Å². The van der Waals surface area contributed by atoms with Gasteiger partial charge in [0.05, 0.1) is 17.1 Å². The van der Waals surface area contributed by atoms with Crippen molar-refractivity contribution in [3.63, 3.8) is 0 Å². The third kappa shape index (κ3) is 4.92. The van der Waals surface area contributed by atoms with Gasteiger partial charge in [-0.05, 0) is 56.7 Å². The Hall–Kier alpha value is -2.42. The van der Waals surface area contributed by atoms with E-state index in [0.29, 0.717) is 31.7 Å². The molecule has 31 heavy (non-hydrogen) atoms. The minimum Gasteiger partial charge on any atom is -0.380 e. The van der Waals surface area contributed by atoms with Crippen LogP contribution in [0.15, 0.2) is 59.5 Å². The van der Waals surface area contributed by atoms with E-state index in [1.54, 1.807) is 12.1 Å². The first kappa shape index (κ1) is 21.8. The van der Waals surface area contributed by atoms with Crippen LogP contribution in [0.4, 0.5) is 5.69 Å². The molecule has 0 aromatic heterocycles. The number of benzene rings is 2. The molecule has 2 aromatic carbocycles. The van der Waals surface area contributed by atoms with Crippen LogP contribution in [0, 0.1) is 0 Å². The smallest absolute Gasteiger partial charge is 0.253 e. The molecule has 1 N–H and O–H groups in total. The Balaban J connectivity index is 1.40. The fraction of sp³-hybridized carbons (Fsp3) is 0.435. The van der Waals surface area contributed by atoms with Gasteiger partial charge in [-0.15, -0.1) is 0 Å². The molecular formula is C23H29N3O4S. The normalized spacial score (nSPS) is 24.8. The van der Waals surface area contributed by atoms with Gasteiger partial charge >= 0.3 is 0 Å². The molecule has 3 unspecified atom stereocenters. The van der Waals surface area contributed by atoms with Gasteiger partial charge in [-0.2, -0.15) is 4.31 Å². The topological polar surface area (TPSA) is 79.0 Å². The summed E-state index contributed by atoms with van der Waals surface area (Å²) in [6, 6.07) is 16.4. The summed E-state index contributed by atoms with van der Waals surface area (Å²) in [5, 5.41) is 3.46. The molecule has 2 aromatic rings. The Morgan fingerprint density at radius 2 is 1.61 bits per heavy atom. The van der Waals surface area contributed by atoms with Crippen molar-refractivity contribution < 1.29 is 17.9 Å². The lowest BCUT2D eigenvalue weighted by molar-refractivity contribution is -0.0440. The molecule has 0 radical (unpaired) electrons. The monoisotopic (exact) mass is 443 g/mol. The standard InChI is InChI=1S/C23H29N3O4S/c1-17-14-26(15-18(2)30-17)31(28,29)22-10-8-19(9-11-22)23(27)25-13-12-21(16-25)24-20-6-4-3-5-7-20/h3-11,17-18,21,24H,12-16H2,1-2H3. The summed E-state index contributed by atoms with van der Waals surface area (Å²) in [5.74, 6) is -0.0741. The lowest BCUT2D eigenvalue weighted by atomic mass is 10.2. The number of ether oxygens (including phenoxy) is 1. The number of nitrogens with zero attached hydrogens (tertiary/aromatic N) is 2. The van der Waals surface area contributed by atoms with Gasteiger partial charge in [0, 0.05) is 43.5 Å². The quantitative estimate of drug-likeness (QED) is 0.769. The highest BCUT2D eigenvalue weighted by Gasteiger charge is 2.32. The van der Waals surface area contributed by atoms with Crippen LogP contribution in [0.25, 0.3) is 0 Å². The second-order valence-electron chi connectivity index (χ2n) is 8.35. The number of carbonyl (C=O) groups is 1. The Labute approximate surface area is 184 Å². The first-order valence-corrected chi connectivity index (χ1v) is 12.1. The SMILES string of the molecule is CC1CN(S(=O)(=O)c2ccc(C(=O)N3CCC(Nc4ccccc4)C3)cc2)CC(C)O1.